The largest absolute Gasteiger partial charge is 0.472 e. The van der Waals surface area contributed by atoms with E-state index in [-0.39, 0.29) is 13.2 Å². The van der Waals surface area contributed by atoms with Gasteiger partial charge in [-0.2, -0.15) is 0 Å². The van der Waals surface area contributed by atoms with Crippen LogP contribution in [0.5, 0.6) is 11.5 Å². The molecule has 2 atom stereocenters. The molecule has 2 rings (SSSR count). The van der Waals surface area contributed by atoms with Crippen LogP contribution < -0.4 is 9.47 Å². The molecule has 5 heteroatoms. The molecule has 0 aromatic heterocycles. The molecular weight excluding hydrogens is 311 g/mol. The lowest BCUT2D eigenvalue weighted by atomic mass is 10.3. The Hall–Kier alpha value is -1.42. The summed E-state index contributed by atoms with van der Waals surface area (Å²) in [6, 6.07) is 18.7. The van der Waals surface area contributed by atoms with Gasteiger partial charge in [0.1, 0.15) is 11.5 Å². The average Bonchev–Trinajstić information content (AvgIpc) is 2.49. The van der Waals surface area contributed by atoms with Crippen LogP contribution in [0.2, 0.25) is 0 Å². The van der Waals surface area contributed by atoms with E-state index in [1.165, 1.54) is 0 Å². The van der Waals surface area contributed by atoms with Gasteiger partial charge in [-0.25, -0.2) is 0 Å². The second-order valence-corrected chi connectivity index (χ2v) is 5.19. The quantitative estimate of drug-likeness (QED) is 0.677. The van der Waals surface area contributed by atoms with Gasteiger partial charge in [0.05, 0.1) is 13.2 Å². The first kappa shape index (κ1) is 16.0. The Balaban J connectivity index is 1.64. The molecule has 0 amide bonds. The predicted molar refractivity (Wildman–Crippen MR) is 84.2 cm³/mol. The zero-order valence-corrected chi connectivity index (χ0v) is 12.8. The Morgan fingerprint density at radius 2 is 1.05 bits per heavy atom. The van der Waals surface area contributed by atoms with Crippen LogP contribution in [-0.4, -0.2) is 24.3 Å². The van der Waals surface area contributed by atoms with Crippen LogP contribution in [0.25, 0.3) is 0 Å². The second kappa shape index (κ2) is 8.78. The van der Waals surface area contributed by atoms with Crippen molar-refractivity contribution in [1.29, 1.82) is 0 Å². The first-order chi connectivity index (χ1) is 10.2. The maximum Gasteiger partial charge on any atom is 0.195 e. The minimum atomic E-state index is -0.576. The van der Waals surface area contributed by atoms with E-state index in [2.05, 4.69) is 0 Å². The Bertz CT molecular complexity index is 460. The summed E-state index contributed by atoms with van der Waals surface area (Å²) >= 11 is 12.1. The zero-order chi connectivity index (χ0) is 14.9. The monoisotopic (exact) mass is 326 g/mol. The van der Waals surface area contributed by atoms with Crippen molar-refractivity contribution < 1.29 is 14.2 Å². The molecule has 0 aliphatic carbocycles. The van der Waals surface area contributed by atoms with Crippen molar-refractivity contribution >= 4 is 23.2 Å². The Kier molecular flexibility index (Phi) is 6.67. The molecular formula is C16H16Cl2O3. The van der Waals surface area contributed by atoms with Gasteiger partial charge in [0.25, 0.3) is 0 Å². The van der Waals surface area contributed by atoms with Crippen LogP contribution >= 0.6 is 23.2 Å². The van der Waals surface area contributed by atoms with Crippen LogP contribution in [0.3, 0.4) is 0 Å². The molecule has 21 heavy (non-hydrogen) atoms. The molecule has 112 valence electrons. The van der Waals surface area contributed by atoms with Crippen molar-refractivity contribution in [3.8, 4) is 11.5 Å². The van der Waals surface area contributed by atoms with E-state index >= 15 is 0 Å². The first-order valence-electron chi connectivity index (χ1n) is 6.53. The summed E-state index contributed by atoms with van der Waals surface area (Å²) in [6.45, 7) is 0.440. The fourth-order valence-corrected chi connectivity index (χ4v) is 2.00. The van der Waals surface area contributed by atoms with Gasteiger partial charge in [0, 0.05) is 0 Å². The van der Waals surface area contributed by atoms with Gasteiger partial charge in [-0.3, -0.25) is 0 Å². The van der Waals surface area contributed by atoms with Crippen molar-refractivity contribution in [2.24, 2.45) is 0 Å². The molecule has 2 aromatic rings. The Labute approximate surface area is 134 Å². The van der Waals surface area contributed by atoms with Gasteiger partial charge in [-0.1, -0.05) is 59.6 Å². The number of halogens is 2. The van der Waals surface area contributed by atoms with E-state index < -0.39 is 11.1 Å². The molecule has 0 saturated heterocycles. The van der Waals surface area contributed by atoms with Crippen LogP contribution in [-0.2, 0) is 4.74 Å². The van der Waals surface area contributed by atoms with Crippen molar-refractivity contribution in [3.63, 3.8) is 0 Å². The zero-order valence-electron chi connectivity index (χ0n) is 11.3. The Morgan fingerprint density at radius 3 is 1.43 bits per heavy atom. The van der Waals surface area contributed by atoms with Crippen molar-refractivity contribution in [2.45, 2.75) is 11.1 Å². The molecule has 0 spiro atoms. The highest BCUT2D eigenvalue weighted by Crippen LogP contribution is 2.15. The van der Waals surface area contributed by atoms with E-state index in [0.29, 0.717) is 11.5 Å². The van der Waals surface area contributed by atoms with Crippen molar-refractivity contribution in [3.05, 3.63) is 60.7 Å². The van der Waals surface area contributed by atoms with Gasteiger partial charge < -0.3 is 14.2 Å². The standard InChI is InChI=1S/C16H16Cl2O3/c17-15(20-13-7-3-1-4-8-13)11-19-12-16(18)21-14-9-5-2-6-10-14/h1-10,15-16H,11-12H2/t15-,16+. The summed E-state index contributed by atoms with van der Waals surface area (Å²) in [4.78, 5) is 0. The van der Waals surface area contributed by atoms with Crippen LogP contribution in [0.4, 0.5) is 0 Å². The number of benzene rings is 2. The summed E-state index contributed by atoms with van der Waals surface area (Å²) in [5, 5.41) is 0. The van der Waals surface area contributed by atoms with Crippen LogP contribution in [0.1, 0.15) is 0 Å². The molecule has 0 bridgehead atoms. The fourth-order valence-electron chi connectivity index (χ4n) is 1.61. The van der Waals surface area contributed by atoms with Gasteiger partial charge in [0.2, 0.25) is 0 Å². The minimum Gasteiger partial charge on any atom is -0.472 e. The summed E-state index contributed by atoms with van der Waals surface area (Å²) in [5.74, 6) is 1.40. The second-order valence-electron chi connectivity index (χ2n) is 4.22. The molecule has 0 saturated carbocycles. The molecule has 2 aromatic carbocycles. The molecule has 0 unspecified atom stereocenters. The number of hydrogen-bond donors (Lipinski definition) is 0. The van der Waals surface area contributed by atoms with E-state index in [4.69, 9.17) is 37.4 Å². The average molecular weight is 327 g/mol. The van der Waals surface area contributed by atoms with Gasteiger partial charge in [-0.05, 0) is 24.3 Å². The third-order valence-corrected chi connectivity index (χ3v) is 2.94. The molecule has 0 heterocycles. The van der Waals surface area contributed by atoms with Crippen LogP contribution in [0, 0.1) is 0 Å². The number of rotatable bonds is 8. The van der Waals surface area contributed by atoms with Gasteiger partial charge in [0.15, 0.2) is 11.1 Å². The smallest absolute Gasteiger partial charge is 0.195 e. The lowest BCUT2D eigenvalue weighted by molar-refractivity contribution is 0.0526. The highest BCUT2D eigenvalue weighted by atomic mass is 35.5. The third-order valence-electron chi connectivity index (χ3n) is 2.51. The van der Waals surface area contributed by atoms with Gasteiger partial charge in [-0.15, -0.1) is 0 Å². The highest BCUT2D eigenvalue weighted by molar-refractivity contribution is 6.20. The summed E-state index contributed by atoms with van der Waals surface area (Å²) in [6.07, 6.45) is 0. The van der Waals surface area contributed by atoms with Crippen LogP contribution in [0.15, 0.2) is 60.7 Å². The van der Waals surface area contributed by atoms with Gasteiger partial charge >= 0.3 is 0 Å². The lowest BCUT2D eigenvalue weighted by Gasteiger charge is -2.16. The molecule has 0 fully saturated rings. The fraction of sp³-hybridized carbons (Fsp3) is 0.250. The minimum absolute atomic E-state index is 0.220. The summed E-state index contributed by atoms with van der Waals surface area (Å²) < 4.78 is 16.3. The summed E-state index contributed by atoms with van der Waals surface area (Å²) in [5.41, 5.74) is -1.15. The number of hydrogen-bond acceptors (Lipinski definition) is 3. The SMILES string of the molecule is Cl[C@H](COC[C@H](Cl)Oc1ccccc1)Oc1ccccc1. The van der Waals surface area contributed by atoms with E-state index in [0.717, 1.165) is 0 Å². The molecule has 3 nitrogen and oxygen atoms in total. The molecule has 0 radical (unpaired) electrons. The van der Waals surface area contributed by atoms with E-state index in [1.807, 2.05) is 60.7 Å². The van der Waals surface area contributed by atoms with Crippen molar-refractivity contribution in [1.82, 2.24) is 0 Å². The topological polar surface area (TPSA) is 27.7 Å². The maximum absolute atomic E-state index is 6.03. The first-order valence-corrected chi connectivity index (χ1v) is 7.40. The highest BCUT2D eigenvalue weighted by Gasteiger charge is 2.10. The van der Waals surface area contributed by atoms with E-state index in [9.17, 15) is 0 Å². The Morgan fingerprint density at radius 1 is 0.667 bits per heavy atom. The molecule has 0 aliphatic rings. The lowest BCUT2D eigenvalue weighted by Crippen LogP contribution is -2.22. The number of alkyl halides is 2. The molecule has 0 aliphatic heterocycles. The normalized spacial score (nSPS) is 13.4. The van der Waals surface area contributed by atoms with E-state index in [1.54, 1.807) is 0 Å². The maximum atomic E-state index is 6.03. The van der Waals surface area contributed by atoms with Crippen molar-refractivity contribution in [2.75, 3.05) is 13.2 Å². The molecule has 0 N–H and O–H groups in total. The predicted octanol–water partition coefficient (Wildman–Crippen LogP) is 4.29. The summed E-state index contributed by atoms with van der Waals surface area (Å²) in [7, 11) is 0. The third kappa shape index (κ3) is 6.25. The number of ether oxygens (including phenoxy) is 3. The number of para-hydroxylation sites is 2.